The number of likely N-dealkylation sites (tertiary alicyclic amines) is 1. The van der Waals surface area contributed by atoms with Crippen LogP contribution in [0, 0.1) is 19.8 Å². The molecule has 1 heterocycles. The molecule has 1 unspecified atom stereocenters. The van der Waals surface area contributed by atoms with E-state index in [0.717, 1.165) is 11.1 Å². The van der Waals surface area contributed by atoms with E-state index in [1.165, 1.54) is 9.80 Å². The number of ether oxygens (including phenoxy) is 1. The van der Waals surface area contributed by atoms with Crippen LogP contribution in [-0.2, 0) is 14.4 Å². The molecule has 1 N–H and O–H groups in total. The van der Waals surface area contributed by atoms with Gasteiger partial charge in [0.1, 0.15) is 5.75 Å². The average Bonchev–Trinajstić information content (AvgIpc) is 2.60. The van der Waals surface area contributed by atoms with Gasteiger partial charge in [0, 0.05) is 20.1 Å². The number of carbonyl (C=O) groups excluding carboxylic acids is 2. The summed E-state index contributed by atoms with van der Waals surface area (Å²) in [4.78, 5) is 38.5. The topological polar surface area (TPSA) is 87.2 Å². The molecule has 0 saturated carbocycles. The van der Waals surface area contributed by atoms with Gasteiger partial charge >= 0.3 is 5.97 Å². The number of amides is 2. The largest absolute Gasteiger partial charge is 0.484 e. The number of carbonyl (C=O) groups is 3. The number of piperidine rings is 1. The SMILES string of the molecule is Cc1ccc(OCC(=O)N(C)CC(=O)N2CCCC(C(=O)O)C2)c(C)c1. The maximum absolute atomic E-state index is 12.3. The number of nitrogens with zero attached hydrogens (tertiary/aromatic N) is 2. The van der Waals surface area contributed by atoms with E-state index in [2.05, 4.69) is 0 Å². The zero-order chi connectivity index (χ0) is 19.3. The Hall–Kier alpha value is -2.57. The lowest BCUT2D eigenvalue weighted by Crippen LogP contribution is -2.47. The number of likely N-dealkylation sites (N-methyl/N-ethyl adjacent to an activating group) is 1. The Bertz CT molecular complexity index is 689. The number of carboxylic acids is 1. The predicted octanol–water partition coefficient (Wildman–Crippen LogP) is 1.46. The van der Waals surface area contributed by atoms with Gasteiger partial charge in [-0.05, 0) is 38.3 Å². The fraction of sp³-hybridized carbons (Fsp3) is 0.526. The maximum Gasteiger partial charge on any atom is 0.308 e. The summed E-state index contributed by atoms with van der Waals surface area (Å²) in [6.07, 6.45) is 1.24. The van der Waals surface area contributed by atoms with Crippen LogP contribution in [0.4, 0.5) is 0 Å². The second kappa shape index (κ2) is 8.69. The van der Waals surface area contributed by atoms with E-state index in [4.69, 9.17) is 9.84 Å². The van der Waals surface area contributed by atoms with Crippen molar-refractivity contribution in [2.45, 2.75) is 26.7 Å². The van der Waals surface area contributed by atoms with Gasteiger partial charge < -0.3 is 19.6 Å². The van der Waals surface area contributed by atoms with Crippen LogP contribution < -0.4 is 4.74 Å². The first-order valence-electron chi connectivity index (χ1n) is 8.72. The molecular weight excluding hydrogens is 336 g/mol. The molecule has 0 spiro atoms. The van der Waals surface area contributed by atoms with E-state index < -0.39 is 11.9 Å². The molecule has 26 heavy (non-hydrogen) atoms. The van der Waals surface area contributed by atoms with E-state index in [9.17, 15) is 14.4 Å². The molecule has 0 bridgehead atoms. The zero-order valence-corrected chi connectivity index (χ0v) is 15.5. The molecule has 1 atom stereocenters. The Kier molecular flexibility index (Phi) is 6.60. The molecule has 142 valence electrons. The van der Waals surface area contributed by atoms with Crippen molar-refractivity contribution in [3.05, 3.63) is 29.3 Å². The summed E-state index contributed by atoms with van der Waals surface area (Å²) < 4.78 is 5.56. The first-order chi connectivity index (χ1) is 12.3. The molecule has 1 aromatic carbocycles. The first-order valence-corrected chi connectivity index (χ1v) is 8.72. The molecule has 0 aromatic heterocycles. The fourth-order valence-corrected chi connectivity index (χ4v) is 3.01. The molecule has 1 aromatic rings. The van der Waals surface area contributed by atoms with Gasteiger partial charge in [0.05, 0.1) is 12.5 Å². The molecule has 1 fully saturated rings. The Labute approximate surface area is 153 Å². The molecule has 0 aliphatic carbocycles. The first kappa shape index (κ1) is 19.8. The maximum atomic E-state index is 12.3. The van der Waals surface area contributed by atoms with E-state index >= 15 is 0 Å². The monoisotopic (exact) mass is 362 g/mol. The Morgan fingerprint density at radius 2 is 2.04 bits per heavy atom. The van der Waals surface area contributed by atoms with Gasteiger partial charge in [0.2, 0.25) is 5.91 Å². The van der Waals surface area contributed by atoms with E-state index in [1.54, 1.807) is 7.05 Å². The van der Waals surface area contributed by atoms with Crippen LogP contribution in [0.2, 0.25) is 0 Å². The van der Waals surface area contributed by atoms with Crippen molar-refractivity contribution in [3.8, 4) is 5.75 Å². The molecule has 2 amide bonds. The second-order valence-corrected chi connectivity index (χ2v) is 6.82. The smallest absolute Gasteiger partial charge is 0.308 e. The van der Waals surface area contributed by atoms with Crippen molar-refractivity contribution in [3.63, 3.8) is 0 Å². The summed E-state index contributed by atoms with van der Waals surface area (Å²) in [5.41, 5.74) is 2.06. The third-order valence-corrected chi connectivity index (χ3v) is 4.60. The summed E-state index contributed by atoms with van der Waals surface area (Å²) in [5.74, 6) is -1.30. The summed E-state index contributed by atoms with van der Waals surface area (Å²) in [6, 6.07) is 5.71. The second-order valence-electron chi connectivity index (χ2n) is 6.82. The van der Waals surface area contributed by atoms with E-state index in [1.807, 2.05) is 32.0 Å². The van der Waals surface area contributed by atoms with Crippen molar-refractivity contribution >= 4 is 17.8 Å². The minimum absolute atomic E-state index is 0.0819. The summed E-state index contributed by atoms with van der Waals surface area (Å²) in [7, 11) is 1.55. The summed E-state index contributed by atoms with van der Waals surface area (Å²) in [5, 5.41) is 9.11. The summed E-state index contributed by atoms with van der Waals surface area (Å²) >= 11 is 0. The molecule has 7 nitrogen and oxygen atoms in total. The minimum atomic E-state index is -0.881. The molecule has 2 rings (SSSR count). The van der Waals surface area contributed by atoms with E-state index in [-0.39, 0.29) is 31.5 Å². The van der Waals surface area contributed by atoms with Crippen LogP contribution in [0.15, 0.2) is 18.2 Å². The predicted molar refractivity (Wildman–Crippen MR) is 96.0 cm³/mol. The fourth-order valence-electron chi connectivity index (χ4n) is 3.01. The number of hydrogen-bond acceptors (Lipinski definition) is 4. The average molecular weight is 362 g/mol. The van der Waals surface area contributed by atoms with Gasteiger partial charge in [-0.2, -0.15) is 0 Å². The number of carboxylic acid groups (broad SMARTS) is 1. The lowest BCUT2D eigenvalue weighted by molar-refractivity contribution is -0.147. The Morgan fingerprint density at radius 3 is 2.69 bits per heavy atom. The number of aryl methyl sites for hydroxylation is 2. The lowest BCUT2D eigenvalue weighted by atomic mass is 9.98. The molecule has 1 aliphatic rings. The molecule has 1 aliphatic heterocycles. The number of benzene rings is 1. The lowest BCUT2D eigenvalue weighted by Gasteiger charge is -2.32. The van der Waals surface area contributed by atoms with Gasteiger partial charge in [0.25, 0.3) is 5.91 Å². The van der Waals surface area contributed by atoms with Crippen LogP contribution in [0.1, 0.15) is 24.0 Å². The summed E-state index contributed by atoms with van der Waals surface area (Å²) in [6.45, 7) is 4.40. The van der Waals surface area contributed by atoms with Crippen molar-refractivity contribution in [2.75, 3.05) is 33.3 Å². The van der Waals surface area contributed by atoms with Crippen LogP contribution in [-0.4, -0.2) is 66.0 Å². The van der Waals surface area contributed by atoms with Gasteiger partial charge in [0.15, 0.2) is 6.61 Å². The van der Waals surface area contributed by atoms with Crippen molar-refractivity contribution in [2.24, 2.45) is 5.92 Å². The standard InChI is InChI=1S/C19H26N2O5/c1-13-6-7-16(14(2)9-13)26-12-18(23)20(3)11-17(22)21-8-4-5-15(10-21)19(24)25/h6-7,9,15H,4-5,8,10-12H2,1-3H3,(H,24,25). The van der Waals surface area contributed by atoms with Crippen molar-refractivity contribution in [1.82, 2.24) is 9.80 Å². The molecule has 0 radical (unpaired) electrons. The number of rotatable bonds is 6. The van der Waals surface area contributed by atoms with Gasteiger partial charge in [-0.15, -0.1) is 0 Å². The van der Waals surface area contributed by atoms with Crippen molar-refractivity contribution in [1.29, 1.82) is 0 Å². The third-order valence-electron chi connectivity index (χ3n) is 4.60. The highest BCUT2D eigenvalue weighted by atomic mass is 16.5. The van der Waals surface area contributed by atoms with Crippen LogP contribution in [0.25, 0.3) is 0 Å². The molecule has 7 heteroatoms. The van der Waals surface area contributed by atoms with Crippen molar-refractivity contribution < 1.29 is 24.2 Å². The van der Waals surface area contributed by atoms with Crippen LogP contribution >= 0.6 is 0 Å². The number of hydrogen-bond donors (Lipinski definition) is 1. The number of aliphatic carboxylic acids is 1. The van der Waals surface area contributed by atoms with Gasteiger partial charge in [-0.3, -0.25) is 14.4 Å². The van der Waals surface area contributed by atoms with E-state index in [0.29, 0.717) is 25.1 Å². The Morgan fingerprint density at radius 1 is 1.31 bits per heavy atom. The van der Waals surface area contributed by atoms with Gasteiger partial charge in [-0.25, -0.2) is 0 Å². The quantitative estimate of drug-likeness (QED) is 0.828. The zero-order valence-electron chi connectivity index (χ0n) is 15.5. The molecular formula is C19H26N2O5. The highest BCUT2D eigenvalue weighted by Gasteiger charge is 2.29. The van der Waals surface area contributed by atoms with Crippen LogP contribution in [0.5, 0.6) is 5.75 Å². The minimum Gasteiger partial charge on any atom is -0.484 e. The van der Waals surface area contributed by atoms with Crippen LogP contribution in [0.3, 0.4) is 0 Å². The third kappa shape index (κ3) is 5.21. The highest BCUT2D eigenvalue weighted by Crippen LogP contribution is 2.19. The highest BCUT2D eigenvalue weighted by molar-refractivity contribution is 5.85. The molecule has 1 saturated heterocycles. The van der Waals surface area contributed by atoms with Gasteiger partial charge in [-0.1, -0.05) is 17.7 Å². The Balaban J connectivity index is 1.84. The normalized spacial score (nSPS) is 16.9.